The number of piperidine rings is 1. The molecule has 1 atom stereocenters. The molecule has 1 fully saturated rings. The molecule has 1 aliphatic heterocycles. The quantitative estimate of drug-likeness (QED) is 0.449. The molecule has 0 radical (unpaired) electrons. The van der Waals surface area contributed by atoms with E-state index in [-0.39, 0.29) is 11.9 Å². The van der Waals surface area contributed by atoms with Gasteiger partial charge in [-0.05, 0) is 60.9 Å². The number of amides is 1. The second-order valence-electron chi connectivity index (χ2n) is 7.93. The molecule has 168 valence electrons. The lowest BCUT2D eigenvalue weighted by atomic mass is 10.1. The topological polar surface area (TPSA) is 99.2 Å². The number of hydrogen-bond donors (Lipinski definition) is 1. The zero-order chi connectivity index (χ0) is 22.9. The number of aromatic nitrogens is 4. The Labute approximate surface area is 195 Å². The summed E-state index contributed by atoms with van der Waals surface area (Å²) in [4.78, 5) is 24.8. The molecule has 1 unspecified atom stereocenters. The fourth-order valence-electron chi connectivity index (χ4n) is 4.28. The minimum atomic E-state index is -0.0621. The number of rotatable bonds is 5. The number of hydrogen-bond acceptors (Lipinski definition) is 7. The SMILES string of the molecule is C=CC(=O)N1CCCC(n2nc(-c3ccc(-c4ccc(OC)cc4)s3)c3c(N)ncnc32)C1. The first kappa shape index (κ1) is 21.1. The summed E-state index contributed by atoms with van der Waals surface area (Å²) >= 11 is 1.64. The monoisotopic (exact) mass is 460 g/mol. The van der Waals surface area contributed by atoms with E-state index >= 15 is 0 Å². The minimum Gasteiger partial charge on any atom is -0.497 e. The van der Waals surface area contributed by atoms with Gasteiger partial charge in [-0.1, -0.05) is 6.58 Å². The van der Waals surface area contributed by atoms with Crippen LogP contribution in [0.5, 0.6) is 5.75 Å². The van der Waals surface area contributed by atoms with Crippen molar-refractivity contribution in [1.29, 1.82) is 0 Å². The molecule has 1 aliphatic rings. The Morgan fingerprint density at radius 2 is 2.00 bits per heavy atom. The number of thiophene rings is 1. The van der Waals surface area contributed by atoms with Gasteiger partial charge in [-0.2, -0.15) is 5.10 Å². The summed E-state index contributed by atoms with van der Waals surface area (Å²) in [7, 11) is 1.66. The van der Waals surface area contributed by atoms with Crippen LogP contribution >= 0.6 is 11.3 Å². The van der Waals surface area contributed by atoms with E-state index in [0.29, 0.717) is 18.0 Å². The van der Waals surface area contributed by atoms with Crippen molar-refractivity contribution in [2.45, 2.75) is 18.9 Å². The van der Waals surface area contributed by atoms with Crippen LogP contribution in [0, 0.1) is 0 Å². The van der Waals surface area contributed by atoms with Gasteiger partial charge in [-0.25, -0.2) is 14.6 Å². The summed E-state index contributed by atoms with van der Waals surface area (Å²) < 4.78 is 7.18. The molecule has 0 saturated carbocycles. The molecule has 2 N–H and O–H groups in total. The highest BCUT2D eigenvalue weighted by molar-refractivity contribution is 7.18. The van der Waals surface area contributed by atoms with Gasteiger partial charge in [0.15, 0.2) is 5.65 Å². The molecule has 4 aromatic rings. The maximum Gasteiger partial charge on any atom is 0.246 e. The summed E-state index contributed by atoms with van der Waals surface area (Å²) in [6.07, 6.45) is 4.62. The zero-order valence-electron chi connectivity index (χ0n) is 18.3. The molecule has 1 saturated heterocycles. The maximum atomic E-state index is 12.2. The molecular formula is C24H24N6O2S. The van der Waals surface area contributed by atoms with Gasteiger partial charge < -0.3 is 15.4 Å². The highest BCUT2D eigenvalue weighted by atomic mass is 32.1. The predicted octanol–water partition coefficient (Wildman–Crippen LogP) is 4.16. The van der Waals surface area contributed by atoms with Gasteiger partial charge in [0.1, 0.15) is 23.6 Å². The summed E-state index contributed by atoms with van der Waals surface area (Å²) in [5, 5.41) is 5.70. The Hall–Kier alpha value is -3.72. The third-order valence-corrected chi connectivity index (χ3v) is 7.10. The summed E-state index contributed by atoms with van der Waals surface area (Å²) in [6, 6.07) is 12.1. The smallest absolute Gasteiger partial charge is 0.246 e. The van der Waals surface area contributed by atoms with Crippen LogP contribution in [0.25, 0.3) is 32.0 Å². The summed E-state index contributed by atoms with van der Waals surface area (Å²) in [5.74, 6) is 1.16. The molecular weight excluding hydrogens is 436 g/mol. The molecule has 8 nitrogen and oxygen atoms in total. The van der Waals surface area contributed by atoms with E-state index in [1.807, 2.05) is 33.8 Å². The number of carbonyl (C=O) groups excluding carboxylic acids is 1. The second-order valence-corrected chi connectivity index (χ2v) is 9.01. The predicted molar refractivity (Wildman–Crippen MR) is 130 cm³/mol. The van der Waals surface area contributed by atoms with Crippen LogP contribution in [0.1, 0.15) is 18.9 Å². The van der Waals surface area contributed by atoms with Crippen molar-refractivity contribution in [3.63, 3.8) is 0 Å². The van der Waals surface area contributed by atoms with Crippen LogP contribution in [-0.2, 0) is 4.79 Å². The van der Waals surface area contributed by atoms with E-state index in [2.05, 4.69) is 28.7 Å². The van der Waals surface area contributed by atoms with Gasteiger partial charge in [-0.3, -0.25) is 4.79 Å². The molecule has 5 rings (SSSR count). The molecule has 4 heterocycles. The van der Waals surface area contributed by atoms with Gasteiger partial charge in [0.2, 0.25) is 5.91 Å². The lowest BCUT2D eigenvalue weighted by Gasteiger charge is -2.32. The standard InChI is InChI=1S/C24H24N6O2S/c1-3-20(31)29-12-4-5-16(13-29)30-24-21(23(25)26-14-27-24)22(28-30)19-11-10-18(33-19)15-6-8-17(32-2)9-7-15/h3,6-11,14,16H,1,4-5,12-13H2,2H3,(H2,25,26,27). The molecule has 1 aromatic carbocycles. The summed E-state index contributed by atoms with van der Waals surface area (Å²) in [6.45, 7) is 4.90. The van der Waals surface area contributed by atoms with E-state index in [4.69, 9.17) is 15.6 Å². The van der Waals surface area contributed by atoms with Crippen molar-refractivity contribution in [3.8, 4) is 26.8 Å². The van der Waals surface area contributed by atoms with Crippen LogP contribution in [0.4, 0.5) is 5.82 Å². The zero-order valence-corrected chi connectivity index (χ0v) is 19.1. The Balaban J connectivity index is 1.55. The van der Waals surface area contributed by atoms with Crippen molar-refractivity contribution in [2.75, 3.05) is 25.9 Å². The number of methoxy groups -OCH3 is 1. The van der Waals surface area contributed by atoms with Crippen molar-refractivity contribution in [1.82, 2.24) is 24.6 Å². The minimum absolute atomic E-state index is 0.00854. The lowest BCUT2D eigenvalue weighted by molar-refractivity contribution is -0.127. The Morgan fingerprint density at radius 1 is 1.21 bits per heavy atom. The van der Waals surface area contributed by atoms with Gasteiger partial charge in [0, 0.05) is 18.0 Å². The van der Waals surface area contributed by atoms with Crippen molar-refractivity contribution in [2.24, 2.45) is 0 Å². The van der Waals surface area contributed by atoms with Crippen LogP contribution in [0.15, 0.2) is 55.4 Å². The Kier molecular flexibility index (Phi) is 5.55. The molecule has 3 aromatic heterocycles. The highest BCUT2D eigenvalue weighted by Crippen LogP contribution is 2.39. The van der Waals surface area contributed by atoms with Gasteiger partial charge in [0.05, 0.1) is 23.4 Å². The van der Waals surface area contributed by atoms with Crippen LogP contribution < -0.4 is 10.5 Å². The Morgan fingerprint density at radius 3 is 2.76 bits per heavy atom. The van der Waals surface area contributed by atoms with E-state index in [9.17, 15) is 4.79 Å². The molecule has 33 heavy (non-hydrogen) atoms. The average Bonchev–Trinajstić information content (AvgIpc) is 3.50. The number of carbonyl (C=O) groups is 1. The third kappa shape index (κ3) is 3.84. The fourth-order valence-corrected chi connectivity index (χ4v) is 5.28. The number of fused-ring (bicyclic) bond motifs is 1. The van der Waals surface area contributed by atoms with E-state index < -0.39 is 0 Å². The summed E-state index contributed by atoms with van der Waals surface area (Å²) in [5.41, 5.74) is 8.85. The lowest BCUT2D eigenvalue weighted by Crippen LogP contribution is -2.40. The number of nitrogen functional groups attached to an aromatic ring is 1. The van der Waals surface area contributed by atoms with Gasteiger partial charge in [-0.15, -0.1) is 11.3 Å². The largest absolute Gasteiger partial charge is 0.497 e. The van der Waals surface area contributed by atoms with Crippen LogP contribution in [0.2, 0.25) is 0 Å². The van der Waals surface area contributed by atoms with E-state index in [1.165, 1.54) is 12.4 Å². The molecule has 9 heteroatoms. The highest BCUT2D eigenvalue weighted by Gasteiger charge is 2.28. The van der Waals surface area contributed by atoms with Gasteiger partial charge in [0.25, 0.3) is 0 Å². The number of nitrogens with zero attached hydrogens (tertiary/aromatic N) is 5. The second kappa shape index (κ2) is 8.67. The fraction of sp³-hybridized carbons (Fsp3) is 0.250. The Bertz CT molecular complexity index is 1330. The molecule has 0 bridgehead atoms. The number of likely N-dealkylation sites (tertiary alicyclic amines) is 1. The van der Waals surface area contributed by atoms with Gasteiger partial charge >= 0.3 is 0 Å². The first-order valence-corrected chi connectivity index (χ1v) is 11.6. The first-order chi connectivity index (χ1) is 16.1. The number of nitrogens with two attached hydrogens (primary N) is 1. The molecule has 0 spiro atoms. The van der Waals surface area contributed by atoms with Crippen molar-refractivity contribution in [3.05, 3.63) is 55.4 Å². The van der Waals surface area contributed by atoms with E-state index in [0.717, 1.165) is 51.5 Å². The first-order valence-electron chi connectivity index (χ1n) is 10.7. The third-order valence-electron chi connectivity index (χ3n) is 5.96. The van der Waals surface area contributed by atoms with Crippen LogP contribution in [-0.4, -0.2) is 50.8 Å². The van der Waals surface area contributed by atoms with Crippen LogP contribution in [0.3, 0.4) is 0 Å². The number of ether oxygens (including phenoxy) is 1. The van der Waals surface area contributed by atoms with E-state index in [1.54, 1.807) is 18.4 Å². The average molecular weight is 461 g/mol. The molecule has 0 aliphatic carbocycles. The normalized spacial score (nSPS) is 16.2. The maximum absolute atomic E-state index is 12.2. The van der Waals surface area contributed by atoms with Crippen molar-refractivity contribution >= 4 is 34.1 Å². The number of benzene rings is 1. The molecule has 1 amide bonds. The van der Waals surface area contributed by atoms with Crippen molar-refractivity contribution < 1.29 is 9.53 Å². The number of anilines is 1.